The highest BCUT2D eigenvalue weighted by atomic mass is 16.2. The lowest BCUT2D eigenvalue weighted by Crippen LogP contribution is -2.33. The largest absolute Gasteiger partial charge is 0.369 e. The minimum Gasteiger partial charge on any atom is -0.369 e. The number of hydrogen-bond donors (Lipinski definition) is 2. The Hall–Kier alpha value is -3.67. The van der Waals surface area contributed by atoms with Gasteiger partial charge in [-0.15, -0.1) is 0 Å². The molecule has 6 heteroatoms. The number of carbonyl (C=O) groups is 1. The summed E-state index contributed by atoms with van der Waals surface area (Å²) in [6.45, 7) is 0.215. The third-order valence-electron chi connectivity index (χ3n) is 3.94. The minimum atomic E-state index is -0.370. The summed E-state index contributed by atoms with van der Waals surface area (Å²) in [6.07, 6.45) is 3.56. The van der Waals surface area contributed by atoms with Crippen molar-refractivity contribution in [3.05, 3.63) is 93.9 Å². The van der Waals surface area contributed by atoms with Gasteiger partial charge in [-0.05, 0) is 17.2 Å². The molecule has 1 heterocycles. The van der Waals surface area contributed by atoms with Crippen LogP contribution >= 0.6 is 0 Å². The first kappa shape index (κ1) is 18.1. The van der Waals surface area contributed by atoms with Crippen molar-refractivity contribution in [3.63, 3.8) is 0 Å². The Morgan fingerprint density at radius 1 is 1.04 bits per heavy atom. The van der Waals surface area contributed by atoms with Crippen LogP contribution in [0.15, 0.2) is 71.5 Å². The van der Waals surface area contributed by atoms with Gasteiger partial charge in [0.2, 0.25) is 11.9 Å². The lowest BCUT2D eigenvalue weighted by molar-refractivity contribution is -0.121. The fraction of sp³-hybridized carbons (Fsp3) is 0.0952. The minimum absolute atomic E-state index is 0.00470. The molecule has 136 valence electrons. The maximum atomic E-state index is 12.3. The molecule has 1 aromatic heterocycles. The monoisotopic (exact) mass is 360 g/mol. The number of nitrogens with zero attached hydrogens (tertiary/aromatic N) is 2. The first-order chi connectivity index (χ1) is 13.1. The average molecular weight is 360 g/mol. The summed E-state index contributed by atoms with van der Waals surface area (Å²) >= 11 is 0. The molecule has 0 aliphatic rings. The van der Waals surface area contributed by atoms with Crippen molar-refractivity contribution < 1.29 is 4.79 Å². The Bertz CT molecular complexity index is 996. The molecular formula is C21H20N4O2. The molecule has 2 aromatic carbocycles. The van der Waals surface area contributed by atoms with Crippen LogP contribution in [0.5, 0.6) is 0 Å². The van der Waals surface area contributed by atoms with E-state index in [0.717, 1.165) is 15.7 Å². The van der Waals surface area contributed by atoms with Gasteiger partial charge in [0.1, 0.15) is 6.54 Å². The average Bonchev–Trinajstić information content (AvgIpc) is 2.69. The zero-order chi connectivity index (χ0) is 19.1. The maximum Gasteiger partial charge on any atom is 0.255 e. The Morgan fingerprint density at radius 2 is 1.70 bits per heavy atom. The third-order valence-corrected chi connectivity index (χ3v) is 3.94. The summed E-state index contributed by atoms with van der Waals surface area (Å²) in [5.74, 6) is -0.299. The number of nitrogens with two attached hydrogens (primary N) is 1. The zero-order valence-corrected chi connectivity index (χ0v) is 14.7. The quantitative estimate of drug-likeness (QED) is 0.706. The van der Waals surface area contributed by atoms with Gasteiger partial charge >= 0.3 is 0 Å². The molecule has 0 spiro atoms. The number of amides is 1. The lowest BCUT2D eigenvalue weighted by atomic mass is 10.2. The van der Waals surface area contributed by atoms with Crippen LogP contribution in [-0.2, 0) is 17.9 Å². The predicted molar refractivity (Wildman–Crippen MR) is 107 cm³/mol. The number of rotatable bonds is 6. The van der Waals surface area contributed by atoms with E-state index in [4.69, 9.17) is 5.73 Å². The summed E-state index contributed by atoms with van der Waals surface area (Å²) in [6, 6.07) is 20.6. The highest BCUT2D eigenvalue weighted by Crippen LogP contribution is 2.06. The lowest BCUT2D eigenvalue weighted by Gasteiger charge is -2.10. The first-order valence-corrected chi connectivity index (χ1v) is 8.53. The number of aromatic nitrogens is 2. The molecule has 0 bridgehead atoms. The fourth-order valence-electron chi connectivity index (χ4n) is 2.53. The van der Waals surface area contributed by atoms with Crippen molar-refractivity contribution in [1.82, 2.24) is 14.9 Å². The predicted octanol–water partition coefficient (Wildman–Crippen LogP) is 2.31. The Balaban J connectivity index is 1.67. The topological polar surface area (TPSA) is 90.0 Å². The number of anilines is 1. The van der Waals surface area contributed by atoms with E-state index in [2.05, 4.69) is 10.3 Å². The van der Waals surface area contributed by atoms with E-state index in [-0.39, 0.29) is 24.0 Å². The van der Waals surface area contributed by atoms with Crippen LogP contribution < -0.4 is 16.6 Å². The highest BCUT2D eigenvalue weighted by molar-refractivity contribution is 5.76. The highest BCUT2D eigenvalue weighted by Gasteiger charge is 2.09. The Labute approximate surface area is 157 Å². The van der Waals surface area contributed by atoms with Gasteiger partial charge in [-0.25, -0.2) is 4.98 Å². The molecule has 0 aliphatic carbocycles. The maximum absolute atomic E-state index is 12.3. The molecule has 0 radical (unpaired) electrons. The summed E-state index contributed by atoms with van der Waals surface area (Å²) in [7, 11) is 0. The molecule has 0 saturated heterocycles. The first-order valence-electron chi connectivity index (χ1n) is 8.53. The van der Waals surface area contributed by atoms with Crippen LogP contribution in [0.4, 0.5) is 5.95 Å². The normalized spacial score (nSPS) is 10.8. The zero-order valence-electron chi connectivity index (χ0n) is 14.7. The van der Waals surface area contributed by atoms with E-state index >= 15 is 0 Å². The van der Waals surface area contributed by atoms with Gasteiger partial charge in [0.15, 0.2) is 0 Å². The summed E-state index contributed by atoms with van der Waals surface area (Å²) in [5.41, 5.74) is 7.93. The summed E-state index contributed by atoms with van der Waals surface area (Å²) in [5, 5.41) is 2.77. The van der Waals surface area contributed by atoms with Gasteiger partial charge in [-0.1, -0.05) is 66.7 Å². The fourth-order valence-corrected chi connectivity index (χ4v) is 2.53. The Morgan fingerprint density at radius 3 is 2.37 bits per heavy atom. The van der Waals surface area contributed by atoms with Crippen molar-refractivity contribution in [2.45, 2.75) is 13.1 Å². The molecule has 27 heavy (non-hydrogen) atoms. The van der Waals surface area contributed by atoms with Gasteiger partial charge in [0, 0.05) is 12.6 Å². The molecule has 3 rings (SSSR count). The van der Waals surface area contributed by atoms with Crippen LogP contribution in [0.1, 0.15) is 16.8 Å². The van der Waals surface area contributed by atoms with E-state index in [1.807, 2.05) is 66.7 Å². The molecule has 0 unspecified atom stereocenters. The van der Waals surface area contributed by atoms with Crippen LogP contribution in [0.3, 0.4) is 0 Å². The molecule has 0 saturated carbocycles. The van der Waals surface area contributed by atoms with Crippen molar-refractivity contribution in [2.75, 3.05) is 5.73 Å². The van der Waals surface area contributed by atoms with Crippen LogP contribution in [0.2, 0.25) is 0 Å². The van der Waals surface area contributed by atoms with Crippen LogP contribution in [0, 0.1) is 0 Å². The van der Waals surface area contributed by atoms with Crippen molar-refractivity contribution in [2.24, 2.45) is 0 Å². The number of carbonyl (C=O) groups excluding carboxylic acids is 1. The molecule has 0 aliphatic heterocycles. The van der Waals surface area contributed by atoms with Gasteiger partial charge in [0.25, 0.3) is 5.56 Å². The van der Waals surface area contributed by atoms with E-state index in [1.165, 1.54) is 6.07 Å². The molecule has 3 aromatic rings. The molecule has 0 atom stereocenters. The van der Waals surface area contributed by atoms with E-state index < -0.39 is 0 Å². The van der Waals surface area contributed by atoms with Gasteiger partial charge in [0.05, 0.1) is 5.69 Å². The Kier molecular flexibility index (Phi) is 5.79. The third kappa shape index (κ3) is 5.15. The van der Waals surface area contributed by atoms with E-state index in [0.29, 0.717) is 12.2 Å². The van der Waals surface area contributed by atoms with Crippen LogP contribution in [0.25, 0.3) is 12.2 Å². The number of hydrogen-bond acceptors (Lipinski definition) is 4. The second-order valence-corrected chi connectivity index (χ2v) is 5.97. The van der Waals surface area contributed by atoms with Crippen molar-refractivity contribution >= 4 is 24.0 Å². The summed E-state index contributed by atoms with van der Waals surface area (Å²) < 4.78 is 1.15. The van der Waals surface area contributed by atoms with Crippen molar-refractivity contribution in [1.29, 1.82) is 0 Å². The molecular weight excluding hydrogens is 340 g/mol. The van der Waals surface area contributed by atoms with Gasteiger partial charge < -0.3 is 11.1 Å². The second-order valence-electron chi connectivity index (χ2n) is 5.97. The van der Waals surface area contributed by atoms with Gasteiger partial charge in [-0.3, -0.25) is 14.2 Å². The molecule has 0 fully saturated rings. The molecule has 1 amide bonds. The summed E-state index contributed by atoms with van der Waals surface area (Å²) in [4.78, 5) is 28.6. The molecule has 6 nitrogen and oxygen atoms in total. The second kappa shape index (κ2) is 8.62. The SMILES string of the molecule is Nc1nc(C=Cc2ccccc2)cc(=O)n1CC(=O)NCc1ccccc1. The number of nitrogen functional groups attached to an aromatic ring is 1. The smallest absolute Gasteiger partial charge is 0.255 e. The molecule has 3 N–H and O–H groups in total. The van der Waals surface area contributed by atoms with Crippen molar-refractivity contribution in [3.8, 4) is 0 Å². The van der Waals surface area contributed by atoms with Gasteiger partial charge in [-0.2, -0.15) is 0 Å². The number of nitrogens with one attached hydrogen (secondary N) is 1. The van der Waals surface area contributed by atoms with E-state index in [1.54, 1.807) is 6.08 Å². The standard InChI is InChI=1S/C21H20N4O2/c22-21-24-18(12-11-16-7-3-1-4-8-16)13-20(27)25(21)15-19(26)23-14-17-9-5-2-6-10-17/h1-13H,14-15H2,(H2,22,24)(H,23,26). The number of benzene rings is 2. The van der Waals surface area contributed by atoms with Crippen LogP contribution in [-0.4, -0.2) is 15.5 Å². The van der Waals surface area contributed by atoms with E-state index in [9.17, 15) is 9.59 Å².